The molecule has 0 spiro atoms. The number of carbonyl (C=O) groups is 1. The van der Waals surface area contributed by atoms with E-state index < -0.39 is 5.97 Å². The first-order chi connectivity index (χ1) is 7.73. The molecule has 16 heavy (non-hydrogen) atoms. The SMILES string of the molecule is O=C(O)CC1(C2CCCC2)CCCCCC1. The monoisotopic (exact) mass is 224 g/mol. The first-order valence-corrected chi connectivity index (χ1v) is 6.95. The lowest BCUT2D eigenvalue weighted by Gasteiger charge is -2.37. The van der Waals surface area contributed by atoms with Gasteiger partial charge >= 0.3 is 5.97 Å². The van der Waals surface area contributed by atoms with Crippen LogP contribution in [0.5, 0.6) is 0 Å². The molecule has 2 nitrogen and oxygen atoms in total. The zero-order valence-corrected chi connectivity index (χ0v) is 10.2. The van der Waals surface area contributed by atoms with Crippen molar-refractivity contribution < 1.29 is 9.90 Å². The maximum atomic E-state index is 11.1. The maximum Gasteiger partial charge on any atom is 0.303 e. The molecule has 0 aromatic heterocycles. The molecule has 2 heteroatoms. The van der Waals surface area contributed by atoms with Gasteiger partial charge in [0, 0.05) is 0 Å². The van der Waals surface area contributed by atoms with Crippen LogP contribution in [0.4, 0.5) is 0 Å². The highest BCUT2D eigenvalue weighted by molar-refractivity contribution is 5.67. The van der Waals surface area contributed by atoms with Crippen molar-refractivity contribution in [2.45, 2.75) is 70.6 Å². The molecule has 0 heterocycles. The van der Waals surface area contributed by atoms with Crippen molar-refractivity contribution in [3.05, 3.63) is 0 Å². The maximum absolute atomic E-state index is 11.1. The minimum Gasteiger partial charge on any atom is -0.481 e. The van der Waals surface area contributed by atoms with Gasteiger partial charge in [-0.2, -0.15) is 0 Å². The van der Waals surface area contributed by atoms with Crippen molar-refractivity contribution in [2.24, 2.45) is 11.3 Å². The number of hydrogen-bond donors (Lipinski definition) is 1. The quantitative estimate of drug-likeness (QED) is 0.736. The average molecular weight is 224 g/mol. The van der Waals surface area contributed by atoms with Gasteiger partial charge in [-0.15, -0.1) is 0 Å². The number of carboxylic acids is 1. The van der Waals surface area contributed by atoms with E-state index in [1.807, 2.05) is 0 Å². The molecule has 0 aromatic rings. The Morgan fingerprint density at radius 1 is 1.00 bits per heavy atom. The van der Waals surface area contributed by atoms with Crippen molar-refractivity contribution in [1.82, 2.24) is 0 Å². The van der Waals surface area contributed by atoms with E-state index in [-0.39, 0.29) is 5.41 Å². The van der Waals surface area contributed by atoms with E-state index in [4.69, 9.17) is 0 Å². The van der Waals surface area contributed by atoms with Gasteiger partial charge in [-0.1, -0.05) is 38.5 Å². The average Bonchev–Trinajstić information content (AvgIpc) is 2.67. The summed E-state index contributed by atoms with van der Waals surface area (Å²) in [4.78, 5) is 11.1. The van der Waals surface area contributed by atoms with E-state index in [0.29, 0.717) is 12.3 Å². The molecule has 2 fully saturated rings. The third-order valence-electron chi connectivity index (χ3n) is 4.82. The third-order valence-corrected chi connectivity index (χ3v) is 4.82. The van der Waals surface area contributed by atoms with Crippen LogP contribution in [0.2, 0.25) is 0 Å². The second-order valence-corrected chi connectivity index (χ2v) is 5.83. The van der Waals surface area contributed by atoms with Gasteiger partial charge in [0.15, 0.2) is 0 Å². The summed E-state index contributed by atoms with van der Waals surface area (Å²) >= 11 is 0. The van der Waals surface area contributed by atoms with Gasteiger partial charge in [0.25, 0.3) is 0 Å². The van der Waals surface area contributed by atoms with Gasteiger partial charge in [-0.05, 0) is 37.0 Å². The molecular weight excluding hydrogens is 200 g/mol. The van der Waals surface area contributed by atoms with Gasteiger partial charge in [-0.25, -0.2) is 0 Å². The fourth-order valence-electron chi connectivity index (χ4n) is 4.00. The molecule has 0 aromatic carbocycles. The van der Waals surface area contributed by atoms with Crippen LogP contribution in [-0.2, 0) is 4.79 Å². The topological polar surface area (TPSA) is 37.3 Å². The van der Waals surface area contributed by atoms with E-state index in [2.05, 4.69) is 0 Å². The number of carboxylic acid groups (broad SMARTS) is 1. The van der Waals surface area contributed by atoms with Crippen molar-refractivity contribution in [2.75, 3.05) is 0 Å². The molecule has 92 valence electrons. The highest BCUT2D eigenvalue weighted by Gasteiger charge is 2.41. The van der Waals surface area contributed by atoms with Crippen LogP contribution >= 0.6 is 0 Å². The summed E-state index contributed by atoms with van der Waals surface area (Å²) in [6.45, 7) is 0. The highest BCUT2D eigenvalue weighted by atomic mass is 16.4. The predicted octanol–water partition coefficient (Wildman–Crippen LogP) is 3.99. The Morgan fingerprint density at radius 3 is 2.06 bits per heavy atom. The lowest BCUT2D eigenvalue weighted by molar-refractivity contribution is -0.141. The van der Waals surface area contributed by atoms with Crippen molar-refractivity contribution in [3.63, 3.8) is 0 Å². The summed E-state index contributed by atoms with van der Waals surface area (Å²) < 4.78 is 0. The fourth-order valence-corrected chi connectivity index (χ4v) is 4.00. The van der Waals surface area contributed by atoms with Crippen LogP contribution in [-0.4, -0.2) is 11.1 Å². The zero-order chi connectivity index (χ0) is 11.4. The Labute approximate surface area is 98.4 Å². The van der Waals surface area contributed by atoms with Crippen LogP contribution in [0.1, 0.15) is 70.6 Å². The summed E-state index contributed by atoms with van der Waals surface area (Å²) in [6, 6.07) is 0. The molecule has 2 saturated carbocycles. The number of rotatable bonds is 3. The van der Waals surface area contributed by atoms with Gasteiger partial charge in [0.2, 0.25) is 0 Å². The second kappa shape index (κ2) is 5.20. The van der Waals surface area contributed by atoms with Crippen LogP contribution in [0.25, 0.3) is 0 Å². The van der Waals surface area contributed by atoms with E-state index in [9.17, 15) is 9.90 Å². The predicted molar refractivity (Wildman–Crippen MR) is 64.3 cm³/mol. The Balaban J connectivity index is 2.11. The molecule has 0 amide bonds. The molecule has 0 radical (unpaired) electrons. The summed E-state index contributed by atoms with van der Waals surface area (Å²) in [5.41, 5.74) is 0.166. The van der Waals surface area contributed by atoms with Gasteiger partial charge < -0.3 is 5.11 Å². The van der Waals surface area contributed by atoms with Crippen molar-refractivity contribution in [3.8, 4) is 0 Å². The molecule has 0 unspecified atom stereocenters. The summed E-state index contributed by atoms with van der Waals surface area (Å²) in [5.74, 6) is 0.135. The Hall–Kier alpha value is -0.530. The summed E-state index contributed by atoms with van der Waals surface area (Å²) in [7, 11) is 0. The van der Waals surface area contributed by atoms with Gasteiger partial charge in [-0.3, -0.25) is 4.79 Å². The number of aliphatic carboxylic acids is 1. The molecule has 0 atom stereocenters. The minimum atomic E-state index is -0.575. The largest absolute Gasteiger partial charge is 0.481 e. The van der Waals surface area contributed by atoms with E-state index in [0.717, 1.165) is 0 Å². The standard InChI is InChI=1S/C14H24O2/c15-13(16)11-14(12-7-3-4-8-12)9-5-1-2-6-10-14/h12H,1-11H2,(H,15,16). The summed E-state index contributed by atoms with van der Waals surface area (Å²) in [5, 5.41) is 9.18. The Bertz CT molecular complexity index is 233. The first kappa shape index (κ1) is 11.9. The van der Waals surface area contributed by atoms with E-state index in [1.54, 1.807) is 0 Å². The molecule has 2 aliphatic carbocycles. The molecule has 2 aliphatic rings. The van der Waals surface area contributed by atoms with Gasteiger partial charge in [0.05, 0.1) is 6.42 Å². The fraction of sp³-hybridized carbons (Fsp3) is 0.929. The van der Waals surface area contributed by atoms with Crippen molar-refractivity contribution >= 4 is 5.97 Å². The lowest BCUT2D eigenvalue weighted by Crippen LogP contribution is -2.31. The van der Waals surface area contributed by atoms with E-state index in [1.165, 1.54) is 64.2 Å². The number of hydrogen-bond acceptors (Lipinski definition) is 1. The zero-order valence-electron chi connectivity index (χ0n) is 10.2. The van der Waals surface area contributed by atoms with Gasteiger partial charge in [0.1, 0.15) is 0 Å². The van der Waals surface area contributed by atoms with E-state index >= 15 is 0 Å². The Kier molecular flexibility index (Phi) is 3.88. The molecule has 0 aliphatic heterocycles. The lowest BCUT2D eigenvalue weighted by atomic mass is 9.67. The smallest absolute Gasteiger partial charge is 0.303 e. The van der Waals surface area contributed by atoms with Crippen LogP contribution in [0.3, 0.4) is 0 Å². The van der Waals surface area contributed by atoms with Crippen LogP contribution in [0.15, 0.2) is 0 Å². The second-order valence-electron chi connectivity index (χ2n) is 5.83. The molecule has 2 rings (SSSR count). The molecule has 0 saturated heterocycles. The first-order valence-electron chi connectivity index (χ1n) is 6.95. The van der Waals surface area contributed by atoms with Crippen LogP contribution < -0.4 is 0 Å². The molecular formula is C14H24O2. The summed E-state index contributed by atoms with van der Waals surface area (Å²) in [6.07, 6.45) is 13.1. The van der Waals surface area contributed by atoms with Crippen molar-refractivity contribution in [1.29, 1.82) is 0 Å². The normalized spacial score (nSPS) is 26.5. The molecule has 0 bridgehead atoms. The minimum absolute atomic E-state index is 0.166. The van der Waals surface area contributed by atoms with Crippen LogP contribution in [0, 0.1) is 11.3 Å². The Morgan fingerprint density at radius 2 is 1.56 bits per heavy atom. The highest BCUT2D eigenvalue weighted by Crippen LogP contribution is 2.50. The third kappa shape index (κ3) is 2.58. The molecule has 1 N–H and O–H groups in total.